The molecule has 2 aromatic carbocycles. The Bertz CT molecular complexity index is 1310. The Balaban J connectivity index is 1.65. The van der Waals surface area contributed by atoms with Gasteiger partial charge in [0, 0.05) is 18.3 Å². The lowest BCUT2D eigenvalue weighted by Gasteiger charge is -2.26. The molecule has 1 N–H and O–H groups in total. The van der Waals surface area contributed by atoms with Gasteiger partial charge in [0.15, 0.2) is 28.1 Å². The highest BCUT2D eigenvalue weighted by molar-refractivity contribution is 7.92. The first kappa shape index (κ1) is 25.6. The fourth-order valence-corrected chi connectivity index (χ4v) is 6.31. The zero-order valence-corrected chi connectivity index (χ0v) is 19.7. The number of sulfone groups is 1. The summed E-state index contributed by atoms with van der Waals surface area (Å²) in [4.78, 5) is 25.7. The number of nitrogens with zero attached hydrogens (tertiary/aromatic N) is 1. The number of rotatable bonds is 8. The van der Waals surface area contributed by atoms with Gasteiger partial charge in [0.1, 0.15) is 0 Å². The molecule has 0 saturated carbocycles. The quantitative estimate of drug-likeness (QED) is 0.532. The van der Waals surface area contributed by atoms with E-state index in [1.165, 1.54) is 23.1 Å². The van der Waals surface area contributed by atoms with Crippen molar-refractivity contribution in [1.82, 2.24) is 4.90 Å². The van der Waals surface area contributed by atoms with E-state index in [1.807, 2.05) is 0 Å². The van der Waals surface area contributed by atoms with Crippen molar-refractivity contribution in [3.05, 3.63) is 59.7 Å². The van der Waals surface area contributed by atoms with E-state index in [0.29, 0.717) is 18.6 Å². The van der Waals surface area contributed by atoms with Gasteiger partial charge in [0.05, 0.1) is 22.0 Å². The number of carbonyl (C=O) groups excluding carboxylic acids is 2. The Morgan fingerprint density at radius 3 is 2.50 bits per heavy atom. The second kappa shape index (κ2) is 10.1. The summed E-state index contributed by atoms with van der Waals surface area (Å²) in [5.74, 6) is -4.13. The second-order valence-corrected chi connectivity index (χ2v) is 11.5. The molecule has 34 heavy (non-hydrogen) atoms. The van der Waals surface area contributed by atoms with Crippen LogP contribution in [0.5, 0.6) is 0 Å². The van der Waals surface area contributed by atoms with Gasteiger partial charge in [-0.2, -0.15) is 0 Å². The molecule has 1 amide bonds. The average molecular weight is 517 g/mol. The van der Waals surface area contributed by atoms with Crippen molar-refractivity contribution in [3.63, 3.8) is 0 Å². The monoisotopic (exact) mass is 516 g/mol. The molecule has 1 aliphatic rings. The Kier molecular flexibility index (Phi) is 7.56. The van der Waals surface area contributed by atoms with Crippen molar-refractivity contribution in [2.75, 3.05) is 29.4 Å². The molecule has 1 aliphatic heterocycles. The van der Waals surface area contributed by atoms with E-state index in [1.54, 1.807) is 6.92 Å². The summed E-state index contributed by atoms with van der Waals surface area (Å²) in [7, 11) is -7.47. The Morgan fingerprint density at radius 2 is 1.88 bits per heavy atom. The maximum atomic E-state index is 13.4. The zero-order valence-electron chi connectivity index (χ0n) is 18.0. The van der Waals surface area contributed by atoms with E-state index in [2.05, 4.69) is 4.72 Å². The normalized spacial score (nSPS) is 17.2. The number of anilines is 1. The van der Waals surface area contributed by atoms with Crippen LogP contribution in [0.4, 0.5) is 14.5 Å². The molecular weight excluding hydrogens is 494 g/mol. The Labute approximate surface area is 195 Å². The molecule has 1 atom stereocenters. The lowest BCUT2D eigenvalue weighted by molar-refractivity contribution is -0.136. The fourth-order valence-electron chi connectivity index (χ4n) is 3.52. The Hall–Kier alpha value is -3.06. The van der Waals surface area contributed by atoms with E-state index >= 15 is 0 Å². The second-order valence-electron chi connectivity index (χ2n) is 7.57. The van der Waals surface area contributed by atoms with Crippen molar-refractivity contribution < 1.29 is 39.9 Å². The fraction of sp³-hybridized carbons (Fsp3) is 0.333. The molecule has 0 bridgehead atoms. The van der Waals surface area contributed by atoms with Crippen LogP contribution in [-0.4, -0.2) is 64.3 Å². The van der Waals surface area contributed by atoms with Gasteiger partial charge in [-0.05, 0) is 49.7 Å². The molecule has 3 rings (SSSR count). The molecule has 13 heteroatoms. The van der Waals surface area contributed by atoms with Crippen molar-refractivity contribution in [2.45, 2.75) is 24.3 Å². The van der Waals surface area contributed by atoms with E-state index in [0.717, 1.165) is 12.1 Å². The SMILES string of the molecule is CCN(C(=O)COC(=O)c1cccc(NS(=O)(=O)c2ccc(F)c(F)c2)c1)[C@@H]1CCS(=O)(=O)C1. The van der Waals surface area contributed by atoms with Gasteiger partial charge in [0.2, 0.25) is 0 Å². The molecule has 2 aromatic rings. The molecule has 0 spiro atoms. The van der Waals surface area contributed by atoms with Crippen LogP contribution in [-0.2, 0) is 29.4 Å². The molecule has 0 aliphatic carbocycles. The molecule has 1 fully saturated rings. The molecule has 0 unspecified atom stereocenters. The van der Waals surface area contributed by atoms with Crippen molar-refractivity contribution in [3.8, 4) is 0 Å². The highest BCUT2D eigenvalue weighted by Crippen LogP contribution is 2.20. The molecular formula is C21H22F2N2O7S2. The number of hydrogen-bond donors (Lipinski definition) is 1. The molecule has 184 valence electrons. The van der Waals surface area contributed by atoms with E-state index < -0.39 is 60.9 Å². The first-order valence-electron chi connectivity index (χ1n) is 10.2. The third-order valence-corrected chi connectivity index (χ3v) is 8.32. The summed E-state index contributed by atoms with van der Waals surface area (Å²) in [5.41, 5.74) is -0.110. The van der Waals surface area contributed by atoms with E-state index in [9.17, 15) is 35.2 Å². The topological polar surface area (TPSA) is 127 Å². The largest absolute Gasteiger partial charge is 0.452 e. The lowest BCUT2D eigenvalue weighted by Crippen LogP contribution is -2.43. The minimum Gasteiger partial charge on any atom is -0.452 e. The summed E-state index contributed by atoms with van der Waals surface area (Å²) >= 11 is 0. The number of benzene rings is 2. The van der Waals surface area contributed by atoms with Crippen LogP contribution in [0.3, 0.4) is 0 Å². The van der Waals surface area contributed by atoms with Gasteiger partial charge in [-0.15, -0.1) is 0 Å². The summed E-state index contributed by atoms with van der Waals surface area (Å²) in [6.07, 6.45) is 0.315. The minimum atomic E-state index is -4.27. The smallest absolute Gasteiger partial charge is 0.338 e. The predicted octanol–water partition coefficient (Wildman–Crippen LogP) is 1.96. The number of hydrogen-bond acceptors (Lipinski definition) is 7. The van der Waals surface area contributed by atoms with Gasteiger partial charge >= 0.3 is 5.97 Å². The number of amides is 1. The van der Waals surface area contributed by atoms with Gasteiger partial charge in [-0.1, -0.05) is 6.07 Å². The number of sulfonamides is 1. The summed E-state index contributed by atoms with van der Waals surface area (Å²) in [6, 6.07) is 6.80. The van der Waals surface area contributed by atoms with Crippen molar-refractivity contribution in [1.29, 1.82) is 0 Å². The van der Waals surface area contributed by atoms with E-state index in [4.69, 9.17) is 4.74 Å². The maximum absolute atomic E-state index is 13.4. The molecule has 0 aromatic heterocycles. The molecule has 9 nitrogen and oxygen atoms in total. The standard InChI is InChI=1S/C21H22F2N2O7S2/c1-2-25(16-8-9-33(28,29)13-16)20(26)12-32-21(27)14-4-3-5-15(10-14)24-34(30,31)17-6-7-18(22)19(23)11-17/h3-7,10-11,16,24H,2,8-9,12-13H2,1H3/t16-/m1/s1. The zero-order chi connectivity index (χ0) is 25.1. The number of ether oxygens (including phenoxy) is 1. The van der Waals surface area contributed by atoms with Crippen molar-refractivity contribution in [2.24, 2.45) is 0 Å². The number of esters is 1. The third-order valence-electron chi connectivity index (χ3n) is 5.19. The highest BCUT2D eigenvalue weighted by Gasteiger charge is 2.34. The van der Waals surface area contributed by atoms with Crippen LogP contribution in [0.15, 0.2) is 47.4 Å². The molecule has 1 heterocycles. The van der Waals surface area contributed by atoms with E-state index in [-0.39, 0.29) is 29.3 Å². The maximum Gasteiger partial charge on any atom is 0.338 e. The number of halogens is 2. The van der Waals surface area contributed by atoms with Crippen LogP contribution in [0.25, 0.3) is 0 Å². The first-order valence-corrected chi connectivity index (χ1v) is 13.5. The molecule has 1 saturated heterocycles. The van der Waals surface area contributed by atoms with Gasteiger partial charge in [-0.25, -0.2) is 30.4 Å². The number of carbonyl (C=O) groups is 2. The van der Waals surface area contributed by atoms with Crippen LogP contribution in [0.2, 0.25) is 0 Å². The van der Waals surface area contributed by atoms with Crippen LogP contribution in [0, 0.1) is 11.6 Å². The third kappa shape index (κ3) is 6.08. The summed E-state index contributed by atoms with van der Waals surface area (Å²) < 4.78 is 81.9. The predicted molar refractivity (Wildman–Crippen MR) is 118 cm³/mol. The minimum absolute atomic E-state index is 0.00546. The summed E-state index contributed by atoms with van der Waals surface area (Å²) in [6.45, 7) is 1.32. The van der Waals surface area contributed by atoms with Crippen LogP contribution >= 0.6 is 0 Å². The molecule has 0 radical (unpaired) electrons. The summed E-state index contributed by atoms with van der Waals surface area (Å²) in [5, 5.41) is 0. The average Bonchev–Trinajstić information content (AvgIpc) is 3.13. The van der Waals surface area contributed by atoms with Gasteiger partial charge in [-0.3, -0.25) is 9.52 Å². The van der Waals surface area contributed by atoms with Crippen LogP contribution in [0.1, 0.15) is 23.7 Å². The number of likely N-dealkylation sites (N-methyl/N-ethyl adjacent to an activating group) is 1. The first-order chi connectivity index (χ1) is 15.9. The van der Waals surface area contributed by atoms with Crippen molar-refractivity contribution >= 4 is 37.4 Å². The highest BCUT2D eigenvalue weighted by atomic mass is 32.2. The van der Waals surface area contributed by atoms with Gasteiger partial charge < -0.3 is 9.64 Å². The Morgan fingerprint density at radius 1 is 1.15 bits per heavy atom. The lowest BCUT2D eigenvalue weighted by atomic mass is 10.2. The van der Waals surface area contributed by atoms with Gasteiger partial charge in [0.25, 0.3) is 15.9 Å². The number of nitrogens with one attached hydrogen (secondary N) is 1. The van der Waals surface area contributed by atoms with Crippen LogP contribution < -0.4 is 4.72 Å².